The Morgan fingerprint density at radius 3 is 2.78 bits per heavy atom. The van der Waals surface area contributed by atoms with Gasteiger partial charge in [-0.1, -0.05) is 23.8 Å². The van der Waals surface area contributed by atoms with E-state index in [9.17, 15) is 4.79 Å². The maximum atomic E-state index is 12.2. The number of ether oxygens (including phenoxy) is 1. The molecule has 0 aliphatic rings. The third-order valence-electron chi connectivity index (χ3n) is 2.96. The Hall–Kier alpha value is -1.61. The van der Waals surface area contributed by atoms with E-state index >= 15 is 0 Å². The molecule has 1 aromatic carbocycles. The molecule has 1 aromatic heterocycles. The van der Waals surface area contributed by atoms with Crippen molar-refractivity contribution in [3.63, 3.8) is 0 Å². The molecule has 0 N–H and O–H groups in total. The molecule has 0 unspecified atom stereocenters. The van der Waals surface area contributed by atoms with Crippen molar-refractivity contribution < 1.29 is 9.53 Å². The van der Waals surface area contributed by atoms with Gasteiger partial charge in [-0.2, -0.15) is 0 Å². The molecule has 0 radical (unpaired) electrons. The van der Waals surface area contributed by atoms with Crippen LogP contribution >= 0.6 is 11.3 Å². The molecule has 2 nitrogen and oxygen atoms in total. The number of thiophene rings is 1. The number of hydrogen-bond acceptors (Lipinski definition) is 3. The Balaban J connectivity index is 2.24. The first-order chi connectivity index (χ1) is 8.61. The lowest BCUT2D eigenvalue weighted by molar-refractivity contribution is 0.0994. The summed E-state index contributed by atoms with van der Waals surface area (Å²) in [7, 11) is 1.59. The fourth-order valence-electron chi connectivity index (χ4n) is 1.91. The standard InChI is InChI=1S/C15H16O2S/c1-10-4-5-11(2)12(8-10)9-13(16)15-14(17-3)6-7-18-15/h4-8H,9H2,1-3H3. The van der Waals surface area contributed by atoms with Crippen molar-refractivity contribution in [2.24, 2.45) is 0 Å². The second-order valence-electron chi connectivity index (χ2n) is 4.35. The molecule has 0 fully saturated rings. The van der Waals surface area contributed by atoms with Crippen LogP contribution < -0.4 is 4.74 Å². The molecule has 0 spiro atoms. The zero-order chi connectivity index (χ0) is 13.1. The number of ketones is 1. The van der Waals surface area contributed by atoms with Crippen molar-refractivity contribution in [2.45, 2.75) is 20.3 Å². The molecule has 2 rings (SSSR count). The van der Waals surface area contributed by atoms with E-state index in [2.05, 4.69) is 18.2 Å². The highest BCUT2D eigenvalue weighted by molar-refractivity contribution is 7.12. The first kappa shape index (κ1) is 12.8. The smallest absolute Gasteiger partial charge is 0.180 e. The summed E-state index contributed by atoms with van der Waals surface area (Å²) >= 11 is 1.44. The quantitative estimate of drug-likeness (QED) is 0.782. The van der Waals surface area contributed by atoms with Gasteiger partial charge >= 0.3 is 0 Å². The van der Waals surface area contributed by atoms with Crippen LogP contribution in [-0.4, -0.2) is 12.9 Å². The van der Waals surface area contributed by atoms with Gasteiger partial charge in [0.25, 0.3) is 0 Å². The third-order valence-corrected chi connectivity index (χ3v) is 3.89. The van der Waals surface area contributed by atoms with Crippen molar-refractivity contribution in [1.29, 1.82) is 0 Å². The van der Waals surface area contributed by atoms with Gasteiger partial charge in [0.15, 0.2) is 5.78 Å². The van der Waals surface area contributed by atoms with Crippen molar-refractivity contribution in [3.8, 4) is 5.75 Å². The highest BCUT2D eigenvalue weighted by Gasteiger charge is 2.15. The number of rotatable bonds is 4. The van der Waals surface area contributed by atoms with E-state index < -0.39 is 0 Å². The Kier molecular flexibility index (Phi) is 3.82. The lowest BCUT2D eigenvalue weighted by Gasteiger charge is -2.06. The Bertz CT molecular complexity index is 570. The van der Waals surface area contributed by atoms with Crippen LogP contribution in [0.4, 0.5) is 0 Å². The van der Waals surface area contributed by atoms with Gasteiger partial charge in [0.1, 0.15) is 10.6 Å². The lowest BCUT2D eigenvalue weighted by Crippen LogP contribution is -2.04. The summed E-state index contributed by atoms with van der Waals surface area (Å²) < 4.78 is 5.19. The predicted octanol–water partition coefficient (Wildman–Crippen LogP) is 3.80. The fraction of sp³-hybridized carbons (Fsp3) is 0.267. The van der Waals surface area contributed by atoms with Gasteiger partial charge in [-0.3, -0.25) is 4.79 Å². The number of aryl methyl sites for hydroxylation is 2. The number of benzene rings is 1. The minimum atomic E-state index is 0.121. The predicted molar refractivity (Wildman–Crippen MR) is 74.8 cm³/mol. The van der Waals surface area contributed by atoms with E-state index in [0.717, 1.165) is 11.1 Å². The normalized spacial score (nSPS) is 10.4. The van der Waals surface area contributed by atoms with Crippen molar-refractivity contribution in [2.75, 3.05) is 7.11 Å². The number of methoxy groups -OCH3 is 1. The van der Waals surface area contributed by atoms with Gasteiger partial charge in [-0.15, -0.1) is 11.3 Å². The zero-order valence-corrected chi connectivity index (χ0v) is 11.6. The second kappa shape index (κ2) is 5.36. The van der Waals surface area contributed by atoms with E-state index in [-0.39, 0.29) is 5.78 Å². The van der Waals surface area contributed by atoms with Crippen LogP contribution in [0.15, 0.2) is 29.6 Å². The van der Waals surface area contributed by atoms with Gasteiger partial charge in [0.05, 0.1) is 7.11 Å². The Labute approximate surface area is 111 Å². The highest BCUT2D eigenvalue weighted by atomic mass is 32.1. The molecule has 0 atom stereocenters. The molecule has 1 heterocycles. The Morgan fingerprint density at radius 2 is 2.06 bits per heavy atom. The summed E-state index contributed by atoms with van der Waals surface area (Å²) in [6.07, 6.45) is 0.435. The van der Waals surface area contributed by atoms with E-state index in [1.165, 1.54) is 16.9 Å². The van der Waals surface area contributed by atoms with Crippen molar-refractivity contribution >= 4 is 17.1 Å². The first-order valence-electron chi connectivity index (χ1n) is 5.82. The monoisotopic (exact) mass is 260 g/mol. The summed E-state index contributed by atoms with van der Waals surface area (Å²) in [6, 6.07) is 8.03. The molecule has 0 aliphatic carbocycles. The summed E-state index contributed by atoms with van der Waals surface area (Å²) in [6.45, 7) is 4.08. The number of carbonyl (C=O) groups excluding carboxylic acids is 1. The molecular formula is C15H16O2S. The summed E-state index contributed by atoms with van der Waals surface area (Å²) in [4.78, 5) is 13.0. The van der Waals surface area contributed by atoms with Gasteiger partial charge in [-0.05, 0) is 36.4 Å². The second-order valence-corrected chi connectivity index (χ2v) is 5.26. The van der Waals surface area contributed by atoms with Crippen molar-refractivity contribution in [3.05, 3.63) is 51.2 Å². The maximum absolute atomic E-state index is 12.2. The zero-order valence-electron chi connectivity index (χ0n) is 10.8. The van der Waals surface area contributed by atoms with Crippen LogP contribution in [0.3, 0.4) is 0 Å². The maximum Gasteiger partial charge on any atom is 0.180 e. The average molecular weight is 260 g/mol. The fourth-order valence-corrected chi connectivity index (χ4v) is 2.70. The van der Waals surface area contributed by atoms with Crippen molar-refractivity contribution in [1.82, 2.24) is 0 Å². The highest BCUT2D eigenvalue weighted by Crippen LogP contribution is 2.26. The van der Waals surface area contributed by atoms with E-state index in [1.54, 1.807) is 7.11 Å². The lowest BCUT2D eigenvalue weighted by atomic mass is 10.0. The van der Waals surface area contributed by atoms with Gasteiger partial charge in [0.2, 0.25) is 0 Å². The topological polar surface area (TPSA) is 26.3 Å². The molecular weight excluding hydrogens is 244 g/mol. The van der Waals surface area contributed by atoms with Crippen LogP contribution in [0, 0.1) is 13.8 Å². The third kappa shape index (κ3) is 2.62. The first-order valence-corrected chi connectivity index (χ1v) is 6.70. The summed E-state index contributed by atoms with van der Waals surface area (Å²) in [5, 5.41) is 1.88. The van der Waals surface area contributed by atoms with Crippen LogP contribution in [0.5, 0.6) is 5.75 Å². The van der Waals surface area contributed by atoms with Gasteiger partial charge in [-0.25, -0.2) is 0 Å². The molecule has 2 aromatic rings. The summed E-state index contributed by atoms with van der Waals surface area (Å²) in [5.41, 5.74) is 3.43. The number of Topliss-reactive ketones (excluding diaryl/α,β-unsaturated/α-hetero) is 1. The summed E-state index contributed by atoms with van der Waals surface area (Å²) in [5.74, 6) is 0.797. The van der Waals surface area contributed by atoms with Crippen LogP contribution in [-0.2, 0) is 6.42 Å². The molecule has 0 saturated carbocycles. The van der Waals surface area contributed by atoms with Crippen LogP contribution in [0.1, 0.15) is 26.4 Å². The Morgan fingerprint density at radius 1 is 1.28 bits per heavy atom. The van der Waals surface area contributed by atoms with E-state index in [0.29, 0.717) is 17.0 Å². The number of hydrogen-bond donors (Lipinski definition) is 0. The largest absolute Gasteiger partial charge is 0.495 e. The van der Waals surface area contributed by atoms with E-state index in [4.69, 9.17) is 4.74 Å². The van der Waals surface area contributed by atoms with Crippen LogP contribution in [0.25, 0.3) is 0 Å². The van der Waals surface area contributed by atoms with Gasteiger partial charge in [0, 0.05) is 6.42 Å². The molecule has 3 heteroatoms. The number of carbonyl (C=O) groups is 1. The van der Waals surface area contributed by atoms with Gasteiger partial charge < -0.3 is 4.74 Å². The minimum Gasteiger partial charge on any atom is -0.495 e. The molecule has 0 amide bonds. The molecule has 0 bridgehead atoms. The van der Waals surface area contributed by atoms with E-state index in [1.807, 2.05) is 25.3 Å². The van der Waals surface area contributed by atoms with Crippen LogP contribution in [0.2, 0.25) is 0 Å². The molecule has 0 saturated heterocycles. The molecule has 94 valence electrons. The SMILES string of the molecule is COc1ccsc1C(=O)Cc1cc(C)ccc1C. The molecule has 18 heavy (non-hydrogen) atoms. The molecule has 0 aliphatic heterocycles. The minimum absolute atomic E-state index is 0.121. The average Bonchev–Trinajstić information content (AvgIpc) is 2.82.